The highest BCUT2D eigenvalue weighted by Crippen LogP contribution is 2.47. The standard InChI is InChI=1S/C17H24ClN5/c1-17(2,10-3-4-10)14-8-15(21-12-6-5-11(19)7-12)23-16(22-14)13(18)9-20-23/h8-12,21H,3-7,19H2,1-2H3/t11-,12-/m0/s1. The molecule has 3 N–H and O–H groups in total. The van der Waals surface area contributed by atoms with Gasteiger partial charge < -0.3 is 11.1 Å². The van der Waals surface area contributed by atoms with Crippen LogP contribution in [0.15, 0.2) is 12.3 Å². The third-order valence-electron chi connectivity index (χ3n) is 5.51. The SMILES string of the molecule is CC(C)(c1cc(N[C@H]2CC[C@H](N)C2)n2ncc(Cl)c2n1)C1CC1. The van der Waals surface area contributed by atoms with Gasteiger partial charge in [0.25, 0.3) is 0 Å². The van der Waals surface area contributed by atoms with Crippen LogP contribution in [0.3, 0.4) is 0 Å². The Morgan fingerprint density at radius 1 is 1.30 bits per heavy atom. The fraction of sp³-hybridized carbons (Fsp3) is 0.647. The van der Waals surface area contributed by atoms with E-state index in [0.29, 0.717) is 23.0 Å². The Kier molecular flexibility index (Phi) is 3.54. The summed E-state index contributed by atoms with van der Waals surface area (Å²) in [6, 6.07) is 2.85. The molecule has 2 fully saturated rings. The summed E-state index contributed by atoms with van der Waals surface area (Å²) in [4.78, 5) is 4.82. The monoisotopic (exact) mass is 333 g/mol. The molecule has 2 aromatic heterocycles. The summed E-state index contributed by atoms with van der Waals surface area (Å²) in [5, 5.41) is 8.61. The maximum atomic E-state index is 6.31. The Labute approximate surface area is 141 Å². The Balaban J connectivity index is 1.75. The molecule has 2 aromatic rings. The van der Waals surface area contributed by atoms with E-state index < -0.39 is 0 Å². The molecule has 2 saturated carbocycles. The van der Waals surface area contributed by atoms with E-state index in [1.807, 2.05) is 4.52 Å². The topological polar surface area (TPSA) is 68.2 Å². The average Bonchev–Trinajstić information content (AvgIpc) is 3.21. The summed E-state index contributed by atoms with van der Waals surface area (Å²) in [5.74, 6) is 1.69. The first kappa shape index (κ1) is 15.2. The number of nitrogens with one attached hydrogen (secondary N) is 1. The van der Waals surface area contributed by atoms with Gasteiger partial charge in [0.1, 0.15) is 10.8 Å². The van der Waals surface area contributed by atoms with Gasteiger partial charge in [-0.15, -0.1) is 0 Å². The molecule has 0 saturated heterocycles. The largest absolute Gasteiger partial charge is 0.367 e. The van der Waals surface area contributed by atoms with Gasteiger partial charge >= 0.3 is 0 Å². The minimum atomic E-state index is 0.0673. The second-order valence-electron chi connectivity index (χ2n) is 7.66. The van der Waals surface area contributed by atoms with Crippen LogP contribution in [0.1, 0.15) is 51.6 Å². The van der Waals surface area contributed by atoms with E-state index >= 15 is 0 Å². The average molecular weight is 334 g/mol. The van der Waals surface area contributed by atoms with Crippen LogP contribution in [-0.4, -0.2) is 26.7 Å². The van der Waals surface area contributed by atoms with Crippen molar-refractivity contribution in [3.05, 3.63) is 23.0 Å². The lowest BCUT2D eigenvalue weighted by atomic mass is 9.83. The second-order valence-corrected chi connectivity index (χ2v) is 8.07. The zero-order valence-corrected chi connectivity index (χ0v) is 14.5. The van der Waals surface area contributed by atoms with Crippen LogP contribution in [0.5, 0.6) is 0 Å². The zero-order valence-electron chi connectivity index (χ0n) is 13.7. The van der Waals surface area contributed by atoms with Gasteiger partial charge in [-0.05, 0) is 38.0 Å². The molecule has 0 amide bonds. The van der Waals surface area contributed by atoms with Crippen molar-refractivity contribution in [3.63, 3.8) is 0 Å². The first-order valence-electron chi connectivity index (χ1n) is 8.52. The van der Waals surface area contributed by atoms with Gasteiger partial charge in [-0.1, -0.05) is 25.4 Å². The number of fused-ring (bicyclic) bond motifs is 1. The molecule has 0 unspecified atom stereocenters. The molecule has 2 atom stereocenters. The summed E-state index contributed by atoms with van der Waals surface area (Å²) >= 11 is 6.31. The molecule has 23 heavy (non-hydrogen) atoms. The number of anilines is 1. The van der Waals surface area contributed by atoms with E-state index in [-0.39, 0.29) is 5.41 Å². The van der Waals surface area contributed by atoms with Crippen molar-refractivity contribution in [2.45, 2.75) is 63.5 Å². The van der Waals surface area contributed by atoms with Gasteiger partial charge in [0.05, 0.1) is 11.9 Å². The molecule has 124 valence electrons. The van der Waals surface area contributed by atoms with E-state index in [9.17, 15) is 0 Å². The van der Waals surface area contributed by atoms with E-state index in [1.165, 1.54) is 12.8 Å². The van der Waals surface area contributed by atoms with E-state index in [0.717, 1.165) is 36.4 Å². The molecule has 6 heteroatoms. The lowest BCUT2D eigenvalue weighted by molar-refractivity contribution is 0.441. The van der Waals surface area contributed by atoms with Crippen molar-refractivity contribution in [3.8, 4) is 0 Å². The zero-order chi connectivity index (χ0) is 16.2. The van der Waals surface area contributed by atoms with Gasteiger partial charge in [0.15, 0.2) is 5.65 Å². The van der Waals surface area contributed by atoms with Crippen LogP contribution in [-0.2, 0) is 5.41 Å². The molecule has 0 aliphatic heterocycles. The number of nitrogens with zero attached hydrogens (tertiary/aromatic N) is 3. The van der Waals surface area contributed by atoms with Crippen molar-refractivity contribution in [2.24, 2.45) is 11.7 Å². The van der Waals surface area contributed by atoms with Crippen LogP contribution >= 0.6 is 11.6 Å². The van der Waals surface area contributed by atoms with Gasteiger partial charge in [-0.2, -0.15) is 9.61 Å². The molecule has 0 spiro atoms. The first-order chi connectivity index (χ1) is 10.9. The molecular formula is C17H24ClN5. The maximum absolute atomic E-state index is 6.31. The highest BCUT2D eigenvalue weighted by molar-refractivity contribution is 6.33. The molecule has 0 aromatic carbocycles. The van der Waals surface area contributed by atoms with E-state index in [4.69, 9.17) is 22.3 Å². The molecule has 2 heterocycles. The lowest BCUT2D eigenvalue weighted by Crippen LogP contribution is -2.25. The van der Waals surface area contributed by atoms with Gasteiger partial charge in [-0.25, -0.2) is 4.98 Å². The Bertz CT molecular complexity index is 734. The van der Waals surface area contributed by atoms with Crippen molar-refractivity contribution in [1.82, 2.24) is 14.6 Å². The third kappa shape index (κ3) is 2.70. The molecule has 0 radical (unpaired) electrons. The molecule has 0 bridgehead atoms. The van der Waals surface area contributed by atoms with Crippen molar-refractivity contribution in [2.75, 3.05) is 5.32 Å². The number of hydrogen-bond donors (Lipinski definition) is 2. The minimum absolute atomic E-state index is 0.0673. The van der Waals surface area contributed by atoms with Crippen molar-refractivity contribution >= 4 is 23.1 Å². The molecule has 5 nitrogen and oxygen atoms in total. The number of hydrogen-bond acceptors (Lipinski definition) is 4. The summed E-state index contributed by atoms with van der Waals surface area (Å²) in [6.07, 6.45) is 7.41. The molecule has 2 aliphatic rings. The van der Waals surface area contributed by atoms with E-state index in [2.05, 4.69) is 30.3 Å². The number of nitrogens with two attached hydrogens (primary N) is 1. The number of aromatic nitrogens is 3. The Morgan fingerprint density at radius 3 is 2.74 bits per heavy atom. The Hall–Kier alpha value is -1.33. The number of rotatable bonds is 4. The van der Waals surface area contributed by atoms with Gasteiger partial charge in [0.2, 0.25) is 0 Å². The highest BCUT2D eigenvalue weighted by atomic mass is 35.5. The smallest absolute Gasteiger partial charge is 0.176 e. The van der Waals surface area contributed by atoms with Crippen LogP contribution in [0.25, 0.3) is 5.65 Å². The fourth-order valence-corrected chi connectivity index (χ4v) is 3.91. The second kappa shape index (κ2) is 5.35. The summed E-state index contributed by atoms with van der Waals surface area (Å²) in [7, 11) is 0. The first-order valence-corrected chi connectivity index (χ1v) is 8.90. The van der Waals surface area contributed by atoms with Crippen LogP contribution in [0.2, 0.25) is 5.02 Å². The maximum Gasteiger partial charge on any atom is 0.176 e. The van der Waals surface area contributed by atoms with Crippen molar-refractivity contribution < 1.29 is 0 Å². The quantitative estimate of drug-likeness (QED) is 0.900. The third-order valence-corrected chi connectivity index (χ3v) is 5.78. The Morgan fingerprint density at radius 2 is 2.09 bits per heavy atom. The highest BCUT2D eigenvalue weighted by Gasteiger charge is 2.40. The van der Waals surface area contributed by atoms with Crippen molar-refractivity contribution in [1.29, 1.82) is 0 Å². The van der Waals surface area contributed by atoms with Crippen LogP contribution < -0.4 is 11.1 Å². The normalized spacial score (nSPS) is 25.2. The summed E-state index contributed by atoms with van der Waals surface area (Å²) < 4.78 is 1.82. The van der Waals surface area contributed by atoms with Crippen LogP contribution in [0, 0.1) is 5.92 Å². The van der Waals surface area contributed by atoms with Gasteiger partial charge in [0, 0.05) is 23.6 Å². The van der Waals surface area contributed by atoms with Crippen LogP contribution in [0.4, 0.5) is 5.82 Å². The van der Waals surface area contributed by atoms with E-state index in [1.54, 1.807) is 6.20 Å². The summed E-state index contributed by atoms with van der Waals surface area (Å²) in [5.41, 5.74) is 7.95. The predicted octanol–water partition coefficient (Wildman–Crippen LogP) is 3.36. The van der Waals surface area contributed by atoms with Gasteiger partial charge in [-0.3, -0.25) is 0 Å². The lowest BCUT2D eigenvalue weighted by Gasteiger charge is -2.25. The number of halogens is 1. The molecule has 2 aliphatic carbocycles. The summed E-state index contributed by atoms with van der Waals surface area (Å²) in [6.45, 7) is 4.56. The fourth-order valence-electron chi connectivity index (χ4n) is 3.74. The minimum Gasteiger partial charge on any atom is -0.367 e. The molecule has 4 rings (SSSR count). The molecular weight excluding hydrogens is 310 g/mol. The predicted molar refractivity (Wildman–Crippen MR) is 93.0 cm³/mol.